The molecule has 0 saturated heterocycles. The van der Waals surface area contributed by atoms with Crippen molar-refractivity contribution in [2.45, 2.75) is 0 Å². The molecule has 47 heavy (non-hydrogen) atoms. The molecule has 4 aromatic carbocycles. The second kappa shape index (κ2) is 12.8. The van der Waals surface area contributed by atoms with Crippen molar-refractivity contribution in [1.82, 2.24) is 41.0 Å². The average molecular weight is 629 g/mol. The SMILES string of the molecule is N#Cc1cc(-c2nnc(-c3ccc4nc[nH]c4c3)o2)ccc1F.N#Cc1cc(C(=O)NNC(=O)c2ccc3nc[nH]c3c2)ccc1F. The molecule has 0 saturated carbocycles. The molecule has 0 aliphatic rings. The molecule has 0 radical (unpaired) electrons. The van der Waals surface area contributed by atoms with E-state index in [2.05, 4.69) is 41.0 Å². The molecule has 2 amide bonds. The number of carbonyl (C=O) groups is 2. The number of aromatic nitrogens is 6. The smallest absolute Gasteiger partial charge is 0.269 e. The van der Waals surface area contributed by atoms with Crippen LogP contribution in [0.2, 0.25) is 0 Å². The second-order valence-corrected chi connectivity index (χ2v) is 9.70. The number of nitriles is 2. The van der Waals surface area contributed by atoms with Crippen molar-refractivity contribution < 1.29 is 22.8 Å². The van der Waals surface area contributed by atoms with Crippen molar-refractivity contribution in [3.63, 3.8) is 0 Å². The van der Waals surface area contributed by atoms with Crippen LogP contribution in [0.4, 0.5) is 8.78 Å². The molecule has 0 aliphatic carbocycles. The Morgan fingerprint density at radius 2 is 1.15 bits per heavy atom. The number of hydrazine groups is 1. The largest absolute Gasteiger partial charge is 0.416 e. The lowest BCUT2D eigenvalue weighted by Gasteiger charge is -2.08. The van der Waals surface area contributed by atoms with Crippen LogP contribution in [0.15, 0.2) is 89.9 Å². The van der Waals surface area contributed by atoms with Gasteiger partial charge >= 0.3 is 0 Å². The topological polar surface area (TPSA) is 202 Å². The second-order valence-electron chi connectivity index (χ2n) is 9.70. The Hall–Kier alpha value is -7.26. The molecule has 0 fully saturated rings. The number of nitrogens with zero attached hydrogens (tertiary/aromatic N) is 6. The Bertz CT molecular complexity index is 2380. The fourth-order valence-electron chi connectivity index (χ4n) is 4.36. The maximum absolute atomic E-state index is 13.4. The minimum absolute atomic E-state index is 0.0530. The summed E-state index contributed by atoms with van der Waals surface area (Å²) < 4.78 is 32.2. The molecule has 3 aromatic heterocycles. The molecule has 228 valence electrons. The van der Waals surface area contributed by atoms with E-state index in [1.54, 1.807) is 36.7 Å². The standard InChI is InChI=1S/C16H10FN5O2.C16H8FN5O/c17-12-3-1-9(5-11(12)7-18)15(23)21-22-16(24)10-2-4-13-14(6-10)20-8-19-13;17-12-3-1-9(5-11(12)7-18)15-21-22-16(23-15)10-2-4-13-14(6-10)20-8-19-13/h1-6,8H,(H,19,20)(H,21,23)(H,22,24);1-6,8H,(H,19,20). The quantitative estimate of drug-likeness (QED) is 0.195. The lowest BCUT2D eigenvalue weighted by atomic mass is 10.1. The number of hydrogen-bond acceptors (Lipinski definition) is 9. The van der Waals surface area contributed by atoms with Crippen LogP contribution in [0.5, 0.6) is 0 Å². The monoisotopic (exact) mass is 628 g/mol. The van der Waals surface area contributed by atoms with Gasteiger partial charge in [-0.05, 0) is 72.8 Å². The van der Waals surface area contributed by atoms with Crippen molar-refractivity contribution in [1.29, 1.82) is 10.5 Å². The Morgan fingerprint density at radius 3 is 1.79 bits per heavy atom. The van der Waals surface area contributed by atoms with E-state index in [-0.39, 0.29) is 22.6 Å². The van der Waals surface area contributed by atoms with E-state index in [4.69, 9.17) is 14.9 Å². The van der Waals surface area contributed by atoms with Gasteiger partial charge in [0.2, 0.25) is 11.8 Å². The minimum Gasteiger partial charge on any atom is -0.416 e. The molecule has 4 N–H and O–H groups in total. The van der Waals surface area contributed by atoms with Gasteiger partial charge in [0.05, 0.1) is 45.8 Å². The van der Waals surface area contributed by atoms with Gasteiger partial charge in [-0.1, -0.05) is 0 Å². The number of rotatable bonds is 4. The first-order chi connectivity index (χ1) is 22.8. The van der Waals surface area contributed by atoms with Crippen LogP contribution in [0.3, 0.4) is 0 Å². The summed E-state index contributed by atoms with van der Waals surface area (Å²) in [4.78, 5) is 38.1. The predicted octanol–water partition coefficient (Wildman–Crippen LogP) is 4.94. The third kappa shape index (κ3) is 6.35. The van der Waals surface area contributed by atoms with E-state index in [9.17, 15) is 18.4 Å². The zero-order chi connectivity index (χ0) is 32.9. The Balaban J connectivity index is 0.000000164. The normalized spacial score (nSPS) is 10.5. The molecule has 13 nitrogen and oxygen atoms in total. The van der Waals surface area contributed by atoms with Crippen LogP contribution in [-0.2, 0) is 0 Å². The number of halogens is 2. The van der Waals surface area contributed by atoms with Crippen molar-refractivity contribution in [3.05, 3.63) is 119 Å². The molecular formula is C32H18F2N10O3. The van der Waals surface area contributed by atoms with Crippen molar-refractivity contribution in [3.8, 4) is 35.0 Å². The van der Waals surface area contributed by atoms with E-state index in [1.165, 1.54) is 30.6 Å². The lowest BCUT2D eigenvalue weighted by molar-refractivity contribution is 0.0846. The van der Waals surface area contributed by atoms with Gasteiger partial charge in [0.25, 0.3) is 11.8 Å². The molecular weight excluding hydrogens is 610 g/mol. The van der Waals surface area contributed by atoms with Crippen molar-refractivity contribution >= 4 is 33.9 Å². The van der Waals surface area contributed by atoms with Gasteiger partial charge in [-0.2, -0.15) is 10.5 Å². The summed E-state index contributed by atoms with van der Waals surface area (Å²) in [5.41, 5.74) is 8.85. The number of H-pyrrole nitrogens is 2. The molecule has 15 heteroatoms. The Morgan fingerprint density at radius 1 is 0.660 bits per heavy atom. The molecule has 0 atom stereocenters. The molecule has 0 bridgehead atoms. The minimum atomic E-state index is -0.717. The predicted molar refractivity (Wildman–Crippen MR) is 162 cm³/mol. The summed E-state index contributed by atoms with van der Waals surface area (Å²) in [5, 5.41) is 25.6. The number of nitrogens with one attached hydrogen (secondary N) is 4. The van der Waals surface area contributed by atoms with E-state index >= 15 is 0 Å². The summed E-state index contributed by atoms with van der Waals surface area (Å²) >= 11 is 0. The highest BCUT2D eigenvalue weighted by Crippen LogP contribution is 2.26. The molecule has 7 rings (SSSR count). The highest BCUT2D eigenvalue weighted by molar-refractivity contribution is 6.00. The van der Waals surface area contributed by atoms with Gasteiger partial charge in [0, 0.05) is 22.3 Å². The van der Waals surface area contributed by atoms with Gasteiger partial charge in [-0.25, -0.2) is 18.7 Å². The summed E-state index contributed by atoms with van der Waals surface area (Å²) in [6.07, 6.45) is 3.12. The number of carbonyl (C=O) groups excluding carboxylic acids is 2. The number of hydrogen-bond donors (Lipinski definition) is 4. The fraction of sp³-hybridized carbons (Fsp3) is 0. The number of aromatic amines is 2. The van der Waals surface area contributed by atoms with E-state index in [0.717, 1.165) is 28.7 Å². The number of amides is 2. The molecule has 7 aromatic rings. The zero-order valence-electron chi connectivity index (χ0n) is 23.7. The van der Waals surface area contributed by atoms with Gasteiger partial charge in [-0.3, -0.25) is 20.4 Å². The van der Waals surface area contributed by atoms with Gasteiger partial charge < -0.3 is 14.4 Å². The number of benzene rings is 4. The molecule has 0 aliphatic heterocycles. The average Bonchev–Trinajstić information content (AvgIpc) is 3.88. The van der Waals surface area contributed by atoms with Crippen LogP contribution in [0.1, 0.15) is 31.8 Å². The molecule has 0 spiro atoms. The Kier molecular flexibility index (Phi) is 8.09. The van der Waals surface area contributed by atoms with Gasteiger partial charge in [-0.15, -0.1) is 10.2 Å². The van der Waals surface area contributed by atoms with Crippen molar-refractivity contribution in [2.24, 2.45) is 0 Å². The van der Waals surface area contributed by atoms with Gasteiger partial charge in [0.1, 0.15) is 23.8 Å². The number of imidazole rings is 2. The zero-order valence-corrected chi connectivity index (χ0v) is 23.7. The number of fused-ring (bicyclic) bond motifs is 2. The van der Waals surface area contributed by atoms with E-state index < -0.39 is 23.4 Å². The summed E-state index contributed by atoms with van der Waals surface area (Å²) in [5.74, 6) is -1.93. The first-order valence-corrected chi connectivity index (χ1v) is 13.5. The summed E-state index contributed by atoms with van der Waals surface area (Å²) in [6, 6.07) is 21.2. The van der Waals surface area contributed by atoms with Crippen LogP contribution in [-0.4, -0.2) is 41.9 Å². The van der Waals surface area contributed by atoms with Crippen LogP contribution >= 0.6 is 0 Å². The highest BCUT2D eigenvalue weighted by Gasteiger charge is 2.14. The lowest BCUT2D eigenvalue weighted by Crippen LogP contribution is -2.41. The third-order valence-electron chi connectivity index (χ3n) is 6.75. The maximum atomic E-state index is 13.4. The molecule has 0 unspecified atom stereocenters. The van der Waals surface area contributed by atoms with Crippen LogP contribution in [0, 0.1) is 34.3 Å². The first-order valence-electron chi connectivity index (χ1n) is 13.5. The first kappa shape index (κ1) is 29.8. The summed E-state index contributed by atoms with van der Waals surface area (Å²) in [6.45, 7) is 0. The van der Waals surface area contributed by atoms with Crippen LogP contribution in [0.25, 0.3) is 45.0 Å². The van der Waals surface area contributed by atoms with Crippen LogP contribution < -0.4 is 10.9 Å². The fourth-order valence-corrected chi connectivity index (χ4v) is 4.36. The van der Waals surface area contributed by atoms with Crippen molar-refractivity contribution in [2.75, 3.05) is 0 Å². The van der Waals surface area contributed by atoms with Gasteiger partial charge in [0.15, 0.2) is 0 Å². The van der Waals surface area contributed by atoms with E-state index in [0.29, 0.717) is 28.1 Å². The highest BCUT2D eigenvalue weighted by atomic mass is 19.1. The summed E-state index contributed by atoms with van der Waals surface area (Å²) in [7, 11) is 0. The molecule has 3 heterocycles. The van der Waals surface area contributed by atoms with E-state index in [1.807, 2.05) is 18.2 Å². The Labute approximate surface area is 262 Å². The third-order valence-corrected chi connectivity index (χ3v) is 6.75. The maximum Gasteiger partial charge on any atom is 0.269 e.